The first-order valence-electron chi connectivity index (χ1n) is 7.12. The number of halogens is 3. The normalized spacial score (nSPS) is 18.2. The van der Waals surface area contributed by atoms with Crippen molar-refractivity contribution < 1.29 is 18.0 Å². The van der Waals surface area contributed by atoms with E-state index in [4.69, 9.17) is 0 Å². The molecule has 2 aromatic heterocycles. The molecule has 1 amide bonds. The Bertz CT molecular complexity index is 698. The van der Waals surface area contributed by atoms with Gasteiger partial charge in [-0.25, -0.2) is 9.67 Å². The third-order valence-electron chi connectivity index (χ3n) is 3.49. The molecule has 0 radical (unpaired) electrons. The van der Waals surface area contributed by atoms with E-state index < -0.39 is 12.7 Å². The van der Waals surface area contributed by atoms with Gasteiger partial charge < -0.3 is 5.32 Å². The van der Waals surface area contributed by atoms with E-state index in [1.807, 2.05) is 0 Å². The number of carbonyl (C=O) groups is 1. The first-order chi connectivity index (χ1) is 10.9. The van der Waals surface area contributed by atoms with Gasteiger partial charge in [0.1, 0.15) is 18.1 Å². The van der Waals surface area contributed by atoms with Crippen LogP contribution < -0.4 is 5.32 Å². The fourth-order valence-corrected chi connectivity index (χ4v) is 2.48. The first-order valence-corrected chi connectivity index (χ1v) is 7.12. The molecule has 3 rings (SSSR count). The Morgan fingerprint density at radius 1 is 1.35 bits per heavy atom. The summed E-state index contributed by atoms with van der Waals surface area (Å²) < 4.78 is 39.0. The third kappa shape index (κ3) is 3.85. The van der Waals surface area contributed by atoms with Crippen LogP contribution >= 0.6 is 0 Å². The van der Waals surface area contributed by atoms with Gasteiger partial charge in [-0.1, -0.05) is 6.07 Å². The number of aromatic nitrogens is 4. The summed E-state index contributed by atoms with van der Waals surface area (Å²) in [4.78, 5) is 19.5. The molecule has 1 aliphatic heterocycles. The van der Waals surface area contributed by atoms with Crippen LogP contribution in [0.2, 0.25) is 0 Å². The van der Waals surface area contributed by atoms with Crippen molar-refractivity contribution in [3.05, 3.63) is 30.2 Å². The molecule has 0 unspecified atom stereocenters. The lowest BCUT2D eigenvalue weighted by atomic mass is 10.1. The monoisotopic (exact) mass is 325 g/mol. The molecule has 1 N–H and O–H groups in total. The van der Waals surface area contributed by atoms with Gasteiger partial charge in [0.25, 0.3) is 0 Å². The fraction of sp³-hybridized carbons (Fsp3) is 0.429. The van der Waals surface area contributed by atoms with Gasteiger partial charge in [-0.05, 0) is 18.6 Å². The van der Waals surface area contributed by atoms with Gasteiger partial charge in [-0.3, -0.25) is 9.78 Å². The number of alkyl halides is 3. The minimum atomic E-state index is -4.40. The molecule has 3 heterocycles. The molecule has 122 valence electrons. The van der Waals surface area contributed by atoms with Gasteiger partial charge in [0.15, 0.2) is 5.82 Å². The van der Waals surface area contributed by atoms with Crippen molar-refractivity contribution in [2.75, 3.05) is 0 Å². The van der Waals surface area contributed by atoms with Crippen molar-refractivity contribution in [2.45, 2.75) is 38.0 Å². The molecule has 0 bridgehead atoms. The van der Waals surface area contributed by atoms with E-state index in [2.05, 4.69) is 20.4 Å². The molecule has 0 saturated carbocycles. The SMILES string of the molecule is O=C1CC[C@H](Cc2nc(-c3ccccn3)nn2CC(F)(F)F)N1. The van der Waals surface area contributed by atoms with E-state index >= 15 is 0 Å². The van der Waals surface area contributed by atoms with Crippen LogP contribution in [-0.4, -0.2) is 37.9 Å². The molecular weight excluding hydrogens is 311 g/mol. The topological polar surface area (TPSA) is 72.7 Å². The van der Waals surface area contributed by atoms with Gasteiger partial charge >= 0.3 is 6.18 Å². The third-order valence-corrected chi connectivity index (χ3v) is 3.49. The number of carbonyl (C=O) groups excluding carboxylic acids is 1. The van der Waals surface area contributed by atoms with Crippen molar-refractivity contribution >= 4 is 5.91 Å². The number of amides is 1. The molecule has 6 nitrogen and oxygen atoms in total. The highest BCUT2D eigenvalue weighted by atomic mass is 19.4. The minimum absolute atomic E-state index is 0.0955. The van der Waals surface area contributed by atoms with E-state index in [1.165, 1.54) is 6.20 Å². The van der Waals surface area contributed by atoms with E-state index in [-0.39, 0.29) is 30.0 Å². The highest BCUT2D eigenvalue weighted by molar-refractivity contribution is 5.78. The number of pyridine rings is 1. The Balaban J connectivity index is 1.89. The van der Waals surface area contributed by atoms with Crippen LogP contribution in [0.3, 0.4) is 0 Å². The van der Waals surface area contributed by atoms with E-state index in [1.54, 1.807) is 18.2 Å². The molecule has 1 fully saturated rings. The number of nitrogens with zero attached hydrogens (tertiary/aromatic N) is 4. The molecule has 1 saturated heterocycles. The van der Waals surface area contributed by atoms with Crippen LogP contribution in [0.1, 0.15) is 18.7 Å². The predicted octanol–water partition coefficient (Wildman–Crippen LogP) is 1.72. The summed E-state index contributed by atoms with van der Waals surface area (Å²) in [7, 11) is 0. The molecular formula is C14H14F3N5O. The van der Waals surface area contributed by atoms with Gasteiger partial charge in [0.2, 0.25) is 5.91 Å². The number of rotatable bonds is 4. The molecule has 23 heavy (non-hydrogen) atoms. The Kier molecular flexibility index (Phi) is 4.01. The zero-order valence-electron chi connectivity index (χ0n) is 12.0. The maximum Gasteiger partial charge on any atom is 0.408 e. The first kappa shape index (κ1) is 15.4. The van der Waals surface area contributed by atoms with Crippen LogP contribution in [0.25, 0.3) is 11.5 Å². The van der Waals surface area contributed by atoms with Crippen LogP contribution in [0.4, 0.5) is 13.2 Å². The van der Waals surface area contributed by atoms with Crippen molar-refractivity contribution in [1.29, 1.82) is 0 Å². The smallest absolute Gasteiger partial charge is 0.353 e. The summed E-state index contributed by atoms with van der Waals surface area (Å²) in [6.45, 7) is -1.22. The zero-order chi connectivity index (χ0) is 16.4. The lowest BCUT2D eigenvalue weighted by Crippen LogP contribution is -2.29. The molecule has 0 aromatic carbocycles. The van der Waals surface area contributed by atoms with E-state index in [0.717, 1.165) is 4.68 Å². The summed E-state index contributed by atoms with van der Waals surface area (Å²) in [5.41, 5.74) is 0.408. The molecule has 1 aliphatic rings. The second-order valence-electron chi connectivity index (χ2n) is 5.35. The number of hydrogen-bond acceptors (Lipinski definition) is 4. The maximum absolute atomic E-state index is 12.7. The summed E-state index contributed by atoms with van der Waals surface area (Å²) in [6, 6.07) is 4.83. The molecule has 2 aromatic rings. The largest absolute Gasteiger partial charge is 0.408 e. The highest BCUT2D eigenvalue weighted by Crippen LogP contribution is 2.21. The van der Waals surface area contributed by atoms with E-state index in [9.17, 15) is 18.0 Å². The van der Waals surface area contributed by atoms with Crippen LogP contribution in [0, 0.1) is 0 Å². The summed E-state index contributed by atoms with van der Waals surface area (Å²) in [5, 5.41) is 6.66. The average Bonchev–Trinajstić information content (AvgIpc) is 3.06. The fourth-order valence-electron chi connectivity index (χ4n) is 2.48. The second kappa shape index (κ2) is 5.98. The van der Waals surface area contributed by atoms with Crippen LogP contribution in [-0.2, 0) is 17.8 Å². The Morgan fingerprint density at radius 3 is 2.78 bits per heavy atom. The highest BCUT2D eigenvalue weighted by Gasteiger charge is 2.32. The molecule has 0 spiro atoms. The van der Waals surface area contributed by atoms with Crippen molar-refractivity contribution in [2.24, 2.45) is 0 Å². The van der Waals surface area contributed by atoms with Crippen LogP contribution in [0.5, 0.6) is 0 Å². The van der Waals surface area contributed by atoms with Crippen LogP contribution in [0.15, 0.2) is 24.4 Å². The predicted molar refractivity (Wildman–Crippen MR) is 74.2 cm³/mol. The summed E-state index contributed by atoms with van der Waals surface area (Å²) >= 11 is 0. The Morgan fingerprint density at radius 2 is 2.17 bits per heavy atom. The quantitative estimate of drug-likeness (QED) is 0.929. The summed E-state index contributed by atoms with van der Waals surface area (Å²) in [5.74, 6) is 0.242. The van der Waals surface area contributed by atoms with Crippen molar-refractivity contribution in [1.82, 2.24) is 25.1 Å². The molecule has 0 aliphatic carbocycles. The second-order valence-corrected chi connectivity index (χ2v) is 5.35. The van der Waals surface area contributed by atoms with Gasteiger partial charge in [0, 0.05) is 25.1 Å². The lowest BCUT2D eigenvalue weighted by Gasteiger charge is -2.12. The number of nitrogens with one attached hydrogen (secondary N) is 1. The standard InChI is InChI=1S/C14H14F3N5O/c15-14(16,17)8-22-11(7-9-4-5-12(23)19-9)20-13(21-22)10-3-1-2-6-18-10/h1-3,6,9H,4-5,7-8H2,(H,19,23)/t9-/m1/s1. The lowest BCUT2D eigenvalue weighted by molar-refractivity contribution is -0.143. The molecule has 1 atom stereocenters. The Hall–Kier alpha value is -2.45. The molecule has 9 heteroatoms. The summed E-state index contributed by atoms with van der Waals surface area (Å²) in [6.07, 6.45) is -1.71. The Labute approximate surface area is 129 Å². The maximum atomic E-state index is 12.7. The van der Waals surface area contributed by atoms with Crippen molar-refractivity contribution in [3.63, 3.8) is 0 Å². The minimum Gasteiger partial charge on any atom is -0.353 e. The van der Waals surface area contributed by atoms with Gasteiger partial charge in [-0.15, -0.1) is 5.10 Å². The van der Waals surface area contributed by atoms with Gasteiger partial charge in [0.05, 0.1) is 0 Å². The van der Waals surface area contributed by atoms with E-state index in [0.29, 0.717) is 18.5 Å². The average molecular weight is 325 g/mol. The zero-order valence-corrected chi connectivity index (χ0v) is 12.0. The number of hydrogen-bond donors (Lipinski definition) is 1. The van der Waals surface area contributed by atoms with Crippen molar-refractivity contribution in [3.8, 4) is 11.5 Å². The van der Waals surface area contributed by atoms with Gasteiger partial charge in [-0.2, -0.15) is 13.2 Å².